The summed E-state index contributed by atoms with van der Waals surface area (Å²) in [5.74, 6) is -2.24. The van der Waals surface area contributed by atoms with Gasteiger partial charge in [0.25, 0.3) is 0 Å². The maximum Gasteiger partial charge on any atom is 0.226 e. The Morgan fingerprint density at radius 3 is 1.47 bits per heavy atom. The Kier molecular flexibility index (Phi) is 6.19. The smallest absolute Gasteiger partial charge is 0.226 e. The number of carbonyl (C=O) groups excluding carboxylic acids is 2. The summed E-state index contributed by atoms with van der Waals surface area (Å²) in [5.41, 5.74) is 0.543. The lowest BCUT2D eigenvalue weighted by Crippen LogP contribution is -2.53. The van der Waals surface area contributed by atoms with Crippen molar-refractivity contribution < 1.29 is 34.3 Å². The van der Waals surface area contributed by atoms with Gasteiger partial charge in [-0.15, -0.1) is 18.7 Å². The molecule has 0 radical (unpaired) electrons. The van der Waals surface area contributed by atoms with Crippen molar-refractivity contribution in [2.75, 3.05) is 0 Å². The molecule has 0 amide bonds. The predicted molar refractivity (Wildman–Crippen MR) is 112 cm³/mol. The van der Waals surface area contributed by atoms with Crippen LogP contribution in [0.4, 0.5) is 0 Å². The third kappa shape index (κ3) is 4.28. The Bertz CT molecular complexity index is 1240. The molecule has 0 saturated carbocycles. The molecule has 0 saturated heterocycles. The summed E-state index contributed by atoms with van der Waals surface area (Å²) in [6, 6.07) is 17.1. The Balaban J connectivity index is 1.65. The van der Waals surface area contributed by atoms with Gasteiger partial charge in [-0.1, -0.05) is 36.4 Å². The van der Waals surface area contributed by atoms with Crippen LogP contribution in [0.1, 0.15) is 34.8 Å². The van der Waals surface area contributed by atoms with Gasteiger partial charge in [-0.2, -0.15) is 0 Å². The summed E-state index contributed by atoms with van der Waals surface area (Å²) in [5, 5.41) is 44.7. The molecule has 11 nitrogen and oxygen atoms in total. The second-order valence-corrected chi connectivity index (χ2v) is 7.71. The van der Waals surface area contributed by atoms with Crippen LogP contribution >= 0.6 is 0 Å². The maximum atomic E-state index is 12.8. The Morgan fingerprint density at radius 2 is 1.15 bits per heavy atom. The second-order valence-electron chi connectivity index (χ2n) is 7.71. The lowest BCUT2D eigenvalue weighted by molar-refractivity contribution is -0.792. The van der Waals surface area contributed by atoms with E-state index in [1.54, 1.807) is 60.7 Å². The van der Waals surface area contributed by atoms with Gasteiger partial charge in [0.15, 0.2) is 11.4 Å². The first-order valence-electron chi connectivity index (χ1n) is 10.5. The molecule has 11 heteroatoms. The van der Waals surface area contributed by atoms with E-state index >= 15 is 0 Å². The first-order valence-corrected chi connectivity index (χ1v) is 10.5. The molecule has 4 rings (SSSR count). The van der Waals surface area contributed by atoms with Crippen molar-refractivity contribution in [1.82, 2.24) is 19.8 Å². The summed E-state index contributed by atoms with van der Waals surface area (Å²) in [6.45, 7) is 2.01. The molecule has 34 heavy (non-hydrogen) atoms. The van der Waals surface area contributed by atoms with Gasteiger partial charge < -0.3 is 15.3 Å². The van der Waals surface area contributed by atoms with Crippen LogP contribution in [0.2, 0.25) is 0 Å². The highest BCUT2D eigenvalue weighted by Crippen LogP contribution is 2.17. The molecule has 0 unspecified atom stereocenters. The lowest BCUT2D eigenvalue weighted by Gasteiger charge is -2.06. The van der Waals surface area contributed by atoms with E-state index in [0.29, 0.717) is 11.4 Å². The first-order chi connectivity index (χ1) is 16.3. The minimum Gasteiger partial charge on any atom is -0.837 e. The number of aromatic nitrogens is 6. The van der Waals surface area contributed by atoms with Crippen molar-refractivity contribution >= 4 is 11.6 Å². The molecule has 0 fully saturated rings. The van der Waals surface area contributed by atoms with Crippen molar-refractivity contribution in [1.29, 1.82) is 0 Å². The van der Waals surface area contributed by atoms with Gasteiger partial charge >= 0.3 is 0 Å². The lowest BCUT2D eigenvalue weighted by atomic mass is 10.2. The van der Waals surface area contributed by atoms with E-state index in [9.17, 15) is 24.9 Å². The minimum absolute atomic E-state index is 0.195. The number of rotatable bonds is 8. The molecule has 174 valence electrons. The molecule has 1 N–H and O–H groups in total. The van der Waals surface area contributed by atoms with Crippen molar-refractivity contribution in [2.45, 2.75) is 33.0 Å². The van der Waals surface area contributed by atoms with E-state index in [1.165, 1.54) is 13.8 Å². The van der Waals surface area contributed by atoms with E-state index < -0.39 is 29.4 Å². The summed E-state index contributed by atoms with van der Waals surface area (Å²) >= 11 is 0. The van der Waals surface area contributed by atoms with Gasteiger partial charge in [0.2, 0.25) is 23.0 Å². The number of nitrogens with zero attached hydrogens (tertiary/aromatic N) is 6. The molecule has 4 aromatic rings. The van der Waals surface area contributed by atoms with Gasteiger partial charge in [0.1, 0.15) is 31.0 Å². The van der Waals surface area contributed by atoms with E-state index in [1.807, 2.05) is 0 Å². The summed E-state index contributed by atoms with van der Waals surface area (Å²) < 4.78 is 4.42. The predicted octanol–water partition coefficient (Wildman–Crippen LogP) is -0.753. The van der Waals surface area contributed by atoms with Crippen LogP contribution in [-0.2, 0) is 13.1 Å². The number of carbonyl (C=O) groups is 2. The molecular weight excluding hydrogens is 440 g/mol. The highest BCUT2D eigenvalue weighted by Gasteiger charge is 2.30. The Labute approximate surface area is 194 Å². The zero-order valence-electron chi connectivity index (χ0n) is 18.5. The largest absolute Gasteiger partial charge is 0.837 e. The standard InChI is InChI=1S/C23H22N6O5/c1-15(30)20-22(33)28(17-9-5-3-6-10-17)24-26(20)13-19(32)14-27-21(16(2)31)23(34)29(25-27)18-11-7-4-8-12-18/h3-12,19,32H,13-14H2,1-2H3. The van der Waals surface area contributed by atoms with Crippen LogP contribution in [-0.4, -0.2) is 42.6 Å². The van der Waals surface area contributed by atoms with Crippen molar-refractivity contribution in [3.05, 3.63) is 72.1 Å². The number of aliphatic hydroxyl groups is 1. The zero-order chi connectivity index (χ0) is 24.4. The van der Waals surface area contributed by atoms with Crippen LogP contribution in [0, 0.1) is 0 Å². The molecular formula is C23H22N6O5. The topological polar surface area (TPSA) is 144 Å². The van der Waals surface area contributed by atoms with Crippen molar-refractivity contribution in [2.24, 2.45) is 0 Å². The molecule has 2 aromatic heterocycles. The SMILES string of the molecule is CC(=O)c1c([O-])n(-c2ccccc2)n[n+]1CC(O)C[n+]1nn(-c2ccccc2)c([O-])c1C(C)=O. The van der Waals surface area contributed by atoms with Crippen molar-refractivity contribution in [3.8, 4) is 23.1 Å². The van der Waals surface area contributed by atoms with Gasteiger partial charge in [0.05, 0.1) is 10.4 Å². The number of para-hydroxylation sites is 2. The van der Waals surface area contributed by atoms with Crippen molar-refractivity contribution in [3.63, 3.8) is 0 Å². The fourth-order valence-corrected chi connectivity index (χ4v) is 3.66. The zero-order valence-corrected chi connectivity index (χ0v) is 18.5. The van der Waals surface area contributed by atoms with E-state index in [0.717, 1.165) is 18.7 Å². The normalized spacial score (nSPS) is 11.2. The summed E-state index contributed by atoms with van der Waals surface area (Å²) in [7, 11) is 0. The average molecular weight is 462 g/mol. The second kappa shape index (κ2) is 9.24. The van der Waals surface area contributed by atoms with Crippen LogP contribution < -0.4 is 19.6 Å². The first kappa shape index (κ1) is 22.8. The quantitative estimate of drug-likeness (QED) is 0.268. The molecule has 2 heterocycles. The Morgan fingerprint density at radius 1 is 0.794 bits per heavy atom. The number of benzene rings is 2. The highest BCUT2D eigenvalue weighted by molar-refractivity contribution is 5.93. The van der Waals surface area contributed by atoms with E-state index in [-0.39, 0.29) is 24.5 Å². The molecule has 0 aliphatic carbocycles. The van der Waals surface area contributed by atoms with Crippen LogP contribution in [0.5, 0.6) is 11.8 Å². The maximum absolute atomic E-state index is 12.8. The number of aliphatic hydroxyl groups excluding tert-OH is 1. The molecule has 0 aliphatic rings. The number of ketones is 2. The highest BCUT2D eigenvalue weighted by atomic mass is 16.3. The molecule has 0 spiro atoms. The number of Topliss-reactive ketones (excluding diaryl/α,β-unsaturated/α-hetero) is 2. The van der Waals surface area contributed by atoms with E-state index in [4.69, 9.17) is 0 Å². The van der Waals surface area contributed by atoms with Crippen LogP contribution in [0.3, 0.4) is 0 Å². The summed E-state index contributed by atoms with van der Waals surface area (Å²) in [6.07, 6.45) is -1.22. The number of hydrogen-bond donors (Lipinski definition) is 1. The average Bonchev–Trinajstić information content (AvgIpc) is 3.31. The van der Waals surface area contributed by atoms with E-state index in [2.05, 4.69) is 10.4 Å². The third-order valence-electron chi connectivity index (χ3n) is 5.14. The third-order valence-corrected chi connectivity index (χ3v) is 5.14. The van der Waals surface area contributed by atoms with Gasteiger partial charge in [-0.05, 0) is 24.3 Å². The minimum atomic E-state index is -1.22. The Hall–Kier alpha value is -4.38. The summed E-state index contributed by atoms with van der Waals surface area (Å²) in [4.78, 5) is 24.3. The van der Waals surface area contributed by atoms with Gasteiger partial charge in [0, 0.05) is 13.8 Å². The van der Waals surface area contributed by atoms with Crippen LogP contribution in [0.15, 0.2) is 60.7 Å². The van der Waals surface area contributed by atoms with Crippen LogP contribution in [0.25, 0.3) is 11.4 Å². The van der Waals surface area contributed by atoms with Gasteiger partial charge in [-0.3, -0.25) is 9.59 Å². The fourth-order valence-electron chi connectivity index (χ4n) is 3.66. The molecule has 0 bridgehead atoms. The molecule has 0 aliphatic heterocycles. The van der Waals surface area contributed by atoms with Gasteiger partial charge in [-0.25, -0.2) is 0 Å². The number of hydrogen-bond acceptors (Lipinski definition) is 7. The fraction of sp³-hybridized carbons (Fsp3) is 0.217. The molecule has 0 atom stereocenters. The monoisotopic (exact) mass is 462 g/mol. The molecule has 2 aromatic carbocycles.